The Hall–Kier alpha value is -0.900. The van der Waals surface area contributed by atoms with Gasteiger partial charge >= 0.3 is 0 Å². The number of amides is 1. The Morgan fingerprint density at radius 2 is 2.33 bits per heavy atom. The van der Waals surface area contributed by atoms with Gasteiger partial charge in [-0.3, -0.25) is 4.79 Å². The average Bonchev–Trinajstić information content (AvgIpc) is 2.58. The Bertz CT molecular complexity index is 391. The molecule has 4 heteroatoms. The lowest BCUT2D eigenvalue weighted by atomic mass is 10.3. The number of hydrogen-bond acceptors (Lipinski definition) is 3. The Morgan fingerprint density at radius 3 is 3.00 bits per heavy atom. The molecule has 1 amide bonds. The standard InChI is InChI=1S/C11H14N2OS/c1-6-5-7(6)10(14)13-11-12-8-3-2-4-9(8)15-11/h6-7H,2-5H2,1H3,(H,12,13,14)/t6-,7+/m0/s1. The SMILES string of the molecule is C[C@H]1C[C@H]1C(=O)Nc1nc2c(s1)CCC2. The highest BCUT2D eigenvalue weighted by Gasteiger charge is 2.39. The Morgan fingerprint density at radius 1 is 1.53 bits per heavy atom. The third-order valence-electron chi connectivity index (χ3n) is 3.27. The molecule has 0 aromatic carbocycles. The van der Waals surface area contributed by atoms with Gasteiger partial charge in [-0.2, -0.15) is 0 Å². The van der Waals surface area contributed by atoms with E-state index in [9.17, 15) is 4.79 Å². The zero-order chi connectivity index (χ0) is 10.4. The summed E-state index contributed by atoms with van der Waals surface area (Å²) < 4.78 is 0. The molecule has 1 aromatic rings. The van der Waals surface area contributed by atoms with Crippen LogP contribution in [-0.2, 0) is 17.6 Å². The molecule has 0 bridgehead atoms. The predicted octanol–water partition coefficient (Wildman–Crippen LogP) is 2.23. The molecule has 1 fully saturated rings. The van der Waals surface area contributed by atoms with E-state index in [1.54, 1.807) is 11.3 Å². The van der Waals surface area contributed by atoms with Crippen molar-refractivity contribution in [2.45, 2.75) is 32.6 Å². The molecule has 0 saturated heterocycles. The first-order valence-corrected chi connectivity index (χ1v) is 6.35. The van der Waals surface area contributed by atoms with Crippen LogP contribution in [0.25, 0.3) is 0 Å². The zero-order valence-electron chi connectivity index (χ0n) is 8.75. The van der Waals surface area contributed by atoms with Gasteiger partial charge in [0.15, 0.2) is 5.13 Å². The molecule has 0 radical (unpaired) electrons. The Labute approximate surface area is 92.9 Å². The summed E-state index contributed by atoms with van der Waals surface area (Å²) in [5.74, 6) is 0.968. The van der Waals surface area contributed by atoms with Crippen LogP contribution in [0.4, 0.5) is 5.13 Å². The second-order valence-corrected chi connectivity index (χ2v) is 5.63. The normalized spacial score (nSPS) is 27.5. The van der Waals surface area contributed by atoms with Crippen LogP contribution < -0.4 is 5.32 Å². The zero-order valence-corrected chi connectivity index (χ0v) is 9.56. The molecule has 3 rings (SSSR count). The van der Waals surface area contributed by atoms with E-state index in [2.05, 4.69) is 17.2 Å². The number of fused-ring (bicyclic) bond motifs is 1. The molecule has 80 valence electrons. The molecule has 1 heterocycles. The lowest BCUT2D eigenvalue weighted by molar-refractivity contribution is -0.117. The monoisotopic (exact) mass is 222 g/mol. The van der Waals surface area contributed by atoms with Crippen LogP contribution in [-0.4, -0.2) is 10.9 Å². The van der Waals surface area contributed by atoms with Gasteiger partial charge in [-0.05, 0) is 31.6 Å². The Kier molecular flexibility index (Phi) is 2.06. The third kappa shape index (κ3) is 1.67. The molecule has 0 unspecified atom stereocenters. The number of aryl methyl sites for hydroxylation is 2. The molecule has 1 aromatic heterocycles. The molecular weight excluding hydrogens is 208 g/mol. The second-order valence-electron chi connectivity index (χ2n) is 4.55. The van der Waals surface area contributed by atoms with Crippen molar-refractivity contribution in [3.63, 3.8) is 0 Å². The molecule has 0 aliphatic heterocycles. The average molecular weight is 222 g/mol. The van der Waals surface area contributed by atoms with E-state index in [4.69, 9.17) is 0 Å². The van der Waals surface area contributed by atoms with Gasteiger partial charge in [-0.1, -0.05) is 6.92 Å². The summed E-state index contributed by atoms with van der Waals surface area (Å²) in [6, 6.07) is 0. The van der Waals surface area contributed by atoms with Gasteiger partial charge in [-0.25, -0.2) is 4.98 Å². The van der Waals surface area contributed by atoms with E-state index in [0.29, 0.717) is 5.92 Å². The van der Waals surface area contributed by atoms with Crippen LogP contribution in [0.5, 0.6) is 0 Å². The first kappa shape index (κ1) is 9.33. The maximum absolute atomic E-state index is 11.7. The van der Waals surface area contributed by atoms with Crippen molar-refractivity contribution in [2.24, 2.45) is 11.8 Å². The summed E-state index contributed by atoms with van der Waals surface area (Å²) in [5, 5.41) is 3.74. The lowest BCUT2D eigenvalue weighted by Crippen LogP contribution is -2.14. The minimum Gasteiger partial charge on any atom is -0.302 e. The molecule has 0 spiro atoms. The van der Waals surface area contributed by atoms with Crippen LogP contribution in [0.1, 0.15) is 30.3 Å². The first-order chi connectivity index (χ1) is 7.24. The van der Waals surface area contributed by atoms with Crippen LogP contribution >= 0.6 is 11.3 Å². The number of thiazole rings is 1. The van der Waals surface area contributed by atoms with Crippen molar-refractivity contribution in [3.05, 3.63) is 10.6 Å². The number of nitrogens with zero attached hydrogens (tertiary/aromatic N) is 1. The fourth-order valence-corrected chi connectivity index (χ4v) is 3.18. The number of hydrogen-bond donors (Lipinski definition) is 1. The highest BCUT2D eigenvalue weighted by Crippen LogP contribution is 2.39. The molecular formula is C11H14N2OS. The van der Waals surface area contributed by atoms with Crippen molar-refractivity contribution in [2.75, 3.05) is 5.32 Å². The predicted molar refractivity (Wildman–Crippen MR) is 60.0 cm³/mol. The largest absolute Gasteiger partial charge is 0.302 e. The molecule has 1 saturated carbocycles. The molecule has 2 aliphatic carbocycles. The van der Waals surface area contributed by atoms with Crippen LogP contribution in [0, 0.1) is 11.8 Å². The van der Waals surface area contributed by atoms with Crippen LogP contribution in [0.3, 0.4) is 0 Å². The maximum atomic E-state index is 11.7. The number of rotatable bonds is 2. The van der Waals surface area contributed by atoms with Gasteiger partial charge < -0.3 is 5.32 Å². The summed E-state index contributed by atoms with van der Waals surface area (Å²) in [7, 11) is 0. The summed E-state index contributed by atoms with van der Waals surface area (Å²) in [6.45, 7) is 2.12. The van der Waals surface area contributed by atoms with E-state index in [1.807, 2.05) is 0 Å². The van der Waals surface area contributed by atoms with Crippen molar-refractivity contribution in [1.82, 2.24) is 4.98 Å². The van der Waals surface area contributed by atoms with E-state index in [-0.39, 0.29) is 11.8 Å². The van der Waals surface area contributed by atoms with Gasteiger partial charge in [0, 0.05) is 10.8 Å². The van der Waals surface area contributed by atoms with Crippen molar-refractivity contribution in [1.29, 1.82) is 0 Å². The van der Waals surface area contributed by atoms with Crippen LogP contribution in [0.15, 0.2) is 0 Å². The number of aromatic nitrogens is 1. The van der Waals surface area contributed by atoms with Gasteiger partial charge in [0.1, 0.15) is 0 Å². The van der Waals surface area contributed by atoms with Gasteiger partial charge in [0.25, 0.3) is 0 Å². The maximum Gasteiger partial charge on any atom is 0.229 e. The van der Waals surface area contributed by atoms with Crippen molar-refractivity contribution < 1.29 is 4.79 Å². The summed E-state index contributed by atoms with van der Waals surface area (Å²) in [4.78, 5) is 17.5. The number of carbonyl (C=O) groups is 1. The fraction of sp³-hybridized carbons (Fsp3) is 0.636. The fourth-order valence-electron chi connectivity index (χ4n) is 2.13. The highest BCUT2D eigenvalue weighted by molar-refractivity contribution is 7.15. The number of carbonyl (C=O) groups excluding carboxylic acids is 1. The summed E-state index contributed by atoms with van der Waals surface area (Å²) >= 11 is 1.65. The quantitative estimate of drug-likeness (QED) is 0.833. The highest BCUT2D eigenvalue weighted by atomic mass is 32.1. The molecule has 2 atom stereocenters. The smallest absolute Gasteiger partial charge is 0.229 e. The van der Waals surface area contributed by atoms with Crippen LogP contribution in [0.2, 0.25) is 0 Å². The van der Waals surface area contributed by atoms with Crippen molar-refractivity contribution in [3.8, 4) is 0 Å². The van der Waals surface area contributed by atoms with E-state index in [1.165, 1.54) is 17.0 Å². The minimum atomic E-state index is 0.162. The van der Waals surface area contributed by atoms with E-state index >= 15 is 0 Å². The molecule has 3 nitrogen and oxygen atoms in total. The molecule has 2 aliphatic rings. The molecule has 1 N–H and O–H groups in total. The Balaban J connectivity index is 1.69. The third-order valence-corrected chi connectivity index (χ3v) is 4.34. The van der Waals surface area contributed by atoms with E-state index in [0.717, 1.165) is 24.4 Å². The number of nitrogens with one attached hydrogen (secondary N) is 1. The summed E-state index contributed by atoms with van der Waals surface area (Å²) in [5.41, 5.74) is 1.21. The topological polar surface area (TPSA) is 42.0 Å². The molecule has 15 heavy (non-hydrogen) atoms. The van der Waals surface area contributed by atoms with Gasteiger partial charge in [0.05, 0.1) is 5.69 Å². The van der Waals surface area contributed by atoms with Gasteiger partial charge in [0.2, 0.25) is 5.91 Å². The van der Waals surface area contributed by atoms with Gasteiger partial charge in [-0.15, -0.1) is 11.3 Å². The number of anilines is 1. The second kappa shape index (κ2) is 3.30. The summed E-state index contributed by atoms with van der Waals surface area (Å²) in [6.07, 6.45) is 4.49. The van der Waals surface area contributed by atoms with E-state index < -0.39 is 0 Å². The lowest BCUT2D eigenvalue weighted by Gasteiger charge is -1.98. The van der Waals surface area contributed by atoms with Crippen molar-refractivity contribution >= 4 is 22.4 Å². The first-order valence-electron chi connectivity index (χ1n) is 5.53. The minimum absolute atomic E-state index is 0.162.